The lowest BCUT2D eigenvalue weighted by Crippen LogP contribution is -2.39. The van der Waals surface area contributed by atoms with Gasteiger partial charge in [0.05, 0.1) is 19.6 Å². The van der Waals surface area contributed by atoms with E-state index in [1.54, 1.807) is 31.1 Å². The van der Waals surface area contributed by atoms with E-state index in [2.05, 4.69) is 15.9 Å². The van der Waals surface area contributed by atoms with E-state index in [-0.39, 0.29) is 19.0 Å². The van der Waals surface area contributed by atoms with Gasteiger partial charge in [-0.1, -0.05) is 0 Å². The quantitative estimate of drug-likeness (QED) is 0.824. The molecule has 0 aliphatic rings. The predicted molar refractivity (Wildman–Crippen MR) is 69.6 cm³/mol. The van der Waals surface area contributed by atoms with E-state index in [0.29, 0.717) is 17.0 Å². The molecule has 100 valence electrons. The predicted octanol–water partition coefficient (Wildman–Crippen LogP) is 0.418. The first kappa shape index (κ1) is 14.7. The Labute approximate surface area is 114 Å². The molecule has 0 aliphatic heterocycles. The lowest BCUT2D eigenvalue weighted by atomic mass is 10.4. The molecule has 0 bridgehead atoms. The number of furan rings is 1. The number of halogens is 1. The van der Waals surface area contributed by atoms with Crippen LogP contribution in [0.25, 0.3) is 0 Å². The maximum absolute atomic E-state index is 11.8. The summed E-state index contributed by atoms with van der Waals surface area (Å²) in [6, 6.07) is 3.56. The van der Waals surface area contributed by atoms with Gasteiger partial charge < -0.3 is 15.1 Å². The topological polar surface area (TPSA) is 79.8 Å². The van der Waals surface area contributed by atoms with Crippen LogP contribution in [0.15, 0.2) is 21.2 Å². The zero-order chi connectivity index (χ0) is 13.7. The monoisotopic (exact) mass is 317 g/mol. The largest absolute Gasteiger partial charge is 0.452 e. The number of nitrogens with zero attached hydrogens (tertiary/aromatic N) is 2. The third kappa shape index (κ3) is 4.89. The molecular weight excluding hydrogens is 302 g/mol. The third-order valence-corrected chi connectivity index (χ3v) is 2.70. The summed E-state index contributed by atoms with van der Waals surface area (Å²) in [6.45, 7) is 0.585. The number of nitrogens with two attached hydrogens (primary N) is 1. The summed E-state index contributed by atoms with van der Waals surface area (Å²) in [7, 11) is 3.34. The lowest BCUT2D eigenvalue weighted by molar-refractivity contribution is -0.132. The second-order valence-electron chi connectivity index (χ2n) is 4.09. The molecule has 1 aromatic rings. The normalized spacial score (nSPS) is 10.7. The van der Waals surface area contributed by atoms with Crippen molar-refractivity contribution in [3.63, 3.8) is 0 Å². The number of carbonyl (C=O) groups is 2. The Morgan fingerprint density at radius 2 is 2.00 bits per heavy atom. The van der Waals surface area contributed by atoms with Crippen LogP contribution in [0, 0.1) is 0 Å². The molecule has 1 aromatic heterocycles. The Balaban J connectivity index is 2.44. The maximum Gasteiger partial charge on any atom is 0.236 e. The molecule has 2 amide bonds. The van der Waals surface area contributed by atoms with Gasteiger partial charge in [-0.3, -0.25) is 14.5 Å². The molecule has 1 rings (SSSR count). The van der Waals surface area contributed by atoms with Crippen LogP contribution in [-0.4, -0.2) is 48.8 Å². The number of likely N-dealkylation sites (N-methyl/N-ethyl adjacent to an activating group) is 2. The fraction of sp³-hybridized carbons (Fsp3) is 0.455. The smallest absolute Gasteiger partial charge is 0.236 e. The van der Waals surface area contributed by atoms with E-state index in [9.17, 15) is 9.59 Å². The minimum absolute atomic E-state index is 0.0614. The second kappa shape index (κ2) is 6.55. The van der Waals surface area contributed by atoms with Crippen molar-refractivity contribution in [2.24, 2.45) is 5.73 Å². The molecule has 0 spiro atoms. The molecule has 0 saturated carbocycles. The number of hydrogen-bond donors (Lipinski definition) is 1. The average molecular weight is 318 g/mol. The average Bonchev–Trinajstić information content (AvgIpc) is 2.62. The molecule has 0 fully saturated rings. The van der Waals surface area contributed by atoms with Crippen LogP contribution in [0.3, 0.4) is 0 Å². The molecule has 0 aromatic carbocycles. The number of hydrogen-bond acceptors (Lipinski definition) is 4. The molecule has 0 saturated heterocycles. The molecule has 7 heteroatoms. The fourth-order valence-corrected chi connectivity index (χ4v) is 1.77. The molecule has 2 N–H and O–H groups in total. The highest BCUT2D eigenvalue weighted by Crippen LogP contribution is 2.15. The third-order valence-electron chi connectivity index (χ3n) is 2.28. The summed E-state index contributed by atoms with van der Waals surface area (Å²) in [4.78, 5) is 25.6. The number of amides is 2. The van der Waals surface area contributed by atoms with Gasteiger partial charge in [-0.05, 0) is 35.1 Å². The van der Waals surface area contributed by atoms with E-state index >= 15 is 0 Å². The first-order chi connectivity index (χ1) is 8.38. The van der Waals surface area contributed by atoms with Crippen LogP contribution in [0.1, 0.15) is 5.76 Å². The van der Waals surface area contributed by atoms with Gasteiger partial charge >= 0.3 is 0 Å². The van der Waals surface area contributed by atoms with Crippen molar-refractivity contribution in [3.05, 3.63) is 22.6 Å². The zero-order valence-corrected chi connectivity index (χ0v) is 11.9. The highest BCUT2D eigenvalue weighted by atomic mass is 79.9. The maximum atomic E-state index is 11.8. The number of primary amides is 1. The van der Waals surface area contributed by atoms with Crippen molar-refractivity contribution in [1.82, 2.24) is 9.80 Å². The molecule has 0 atom stereocenters. The summed E-state index contributed by atoms with van der Waals surface area (Å²) in [6.07, 6.45) is 0. The molecule has 6 nitrogen and oxygen atoms in total. The SMILES string of the molecule is CN(CC(N)=O)CC(=O)N(C)Cc1ccc(Br)o1. The first-order valence-electron chi connectivity index (χ1n) is 5.33. The molecule has 0 aliphatic carbocycles. The van der Waals surface area contributed by atoms with Crippen molar-refractivity contribution in [2.45, 2.75) is 6.54 Å². The first-order valence-corrected chi connectivity index (χ1v) is 6.13. The summed E-state index contributed by atoms with van der Waals surface area (Å²) < 4.78 is 5.94. The Bertz CT molecular complexity index is 433. The van der Waals surface area contributed by atoms with Crippen molar-refractivity contribution >= 4 is 27.7 Å². The summed E-state index contributed by atoms with van der Waals surface area (Å²) in [5.41, 5.74) is 5.05. The van der Waals surface area contributed by atoms with Crippen molar-refractivity contribution in [1.29, 1.82) is 0 Å². The van der Waals surface area contributed by atoms with Gasteiger partial charge in [0, 0.05) is 7.05 Å². The second-order valence-corrected chi connectivity index (χ2v) is 4.88. The van der Waals surface area contributed by atoms with E-state index in [0.717, 1.165) is 0 Å². The summed E-state index contributed by atoms with van der Waals surface area (Å²) >= 11 is 3.20. The summed E-state index contributed by atoms with van der Waals surface area (Å²) in [5.74, 6) is 0.129. The van der Waals surface area contributed by atoms with Gasteiger partial charge in [-0.15, -0.1) is 0 Å². The Kier molecular flexibility index (Phi) is 5.36. The van der Waals surface area contributed by atoms with Gasteiger partial charge in [0.25, 0.3) is 0 Å². The van der Waals surface area contributed by atoms with Crippen molar-refractivity contribution in [2.75, 3.05) is 27.2 Å². The zero-order valence-electron chi connectivity index (χ0n) is 10.4. The van der Waals surface area contributed by atoms with Crippen LogP contribution in [0.5, 0.6) is 0 Å². The van der Waals surface area contributed by atoms with Gasteiger partial charge in [0.2, 0.25) is 11.8 Å². The van der Waals surface area contributed by atoms with Crippen LogP contribution in [0.4, 0.5) is 0 Å². The minimum Gasteiger partial charge on any atom is -0.452 e. The van der Waals surface area contributed by atoms with E-state index in [4.69, 9.17) is 10.2 Å². The van der Waals surface area contributed by atoms with Crippen LogP contribution < -0.4 is 5.73 Å². The van der Waals surface area contributed by atoms with Gasteiger partial charge in [0.15, 0.2) is 4.67 Å². The fourth-order valence-electron chi connectivity index (χ4n) is 1.43. The molecule has 0 radical (unpaired) electrons. The van der Waals surface area contributed by atoms with Crippen LogP contribution in [-0.2, 0) is 16.1 Å². The lowest BCUT2D eigenvalue weighted by Gasteiger charge is -2.20. The Morgan fingerprint density at radius 1 is 1.33 bits per heavy atom. The van der Waals surface area contributed by atoms with E-state index in [1.807, 2.05) is 0 Å². The van der Waals surface area contributed by atoms with Gasteiger partial charge in [-0.25, -0.2) is 0 Å². The van der Waals surface area contributed by atoms with E-state index < -0.39 is 5.91 Å². The standard InChI is InChI=1S/C11H16BrN3O3/c1-14(6-10(13)16)7-11(17)15(2)5-8-3-4-9(12)18-8/h3-4H,5-7H2,1-2H3,(H2,13,16). The molecule has 0 unspecified atom stereocenters. The molecular formula is C11H16BrN3O3. The van der Waals surface area contributed by atoms with Crippen LogP contribution >= 0.6 is 15.9 Å². The summed E-state index contributed by atoms with van der Waals surface area (Å²) in [5, 5.41) is 0. The number of rotatable bonds is 6. The Morgan fingerprint density at radius 3 is 2.50 bits per heavy atom. The van der Waals surface area contributed by atoms with Gasteiger partial charge in [0.1, 0.15) is 5.76 Å². The molecule has 18 heavy (non-hydrogen) atoms. The Hall–Kier alpha value is -1.34. The highest BCUT2D eigenvalue weighted by Gasteiger charge is 2.14. The van der Waals surface area contributed by atoms with E-state index in [1.165, 1.54) is 4.90 Å². The number of carbonyl (C=O) groups excluding carboxylic acids is 2. The molecule has 1 heterocycles. The van der Waals surface area contributed by atoms with Gasteiger partial charge in [-0.2, -0.15) is 0 Å². The van der Waals surface area contributed by atoms with Crippen molar-refractivity contribution in [3.8, 4) is 0 Å². The van der Waals surface area contributed by atoms with Crippen LogP contribution in [0.2, 0.25) is 0 Å². The highest BCUT2D eigenvalue weighted by molar-refractivity contribution is 9.10. The van der Waals surface area contributed by atoms with Crippen molar-refractivity contribution < 1.29 is 14.0 Å². The minimum atomic E-state index is -0.456.